The Balaban J connectivity index is 1.63. The quantitative estimate of drug-likeness (QED) is 0.655. The maximum atomic E-state index is 12.7. The molecule has 7 nitrogen and oxygen atoms in total. The molecule has 3 aromatic rings. The maximum absolute atomic E-state index is 12.7. The molecule has 0 unspecified atom stereocenters. The third-order valence-electron chi connectivity index (χ3n) is 3.94. The van der Waals surface area contributed by atoms with Gasteiger partial charge in [0.2, 0.25) is 15.9 Å². The largest absolute Gasteiger partial charge is 0.437 e. The molecular weight excluding hydrogens is 398 g/mol. The smallest absolute Gasteiger partial charge is 0.243 e. The molecule has 0 amide bonds. The second-order valence-corrected chi connectivity index (χ2v) is 8.77. The lowest BCUT2D eigenvalue weighted by atomic mass is 10.3. The Kier molecular flexibility index (Phi) is 4.80. The molecule has 1 aliphatic heterocycles. The Morgan fingerprint density at radius 3 is 2.77 bits per heavy atom. The molecule has 0 aliphatic carbocycles. The van der Waals surface area contributed by atoms with Gasteiger partial charge in [0.15, 0.2) is 0 Å². The highest BCUT2D eigenvalue weighted by Crippen LogP contribution is 2.34. The van der Waals surface area contributed by atoms with Gasteiger partial charge in [0.1, 0.15) is 16.9 Å². The molecule has 4 rings (SSSR count). The molecule has 26 heavy (non-hydrogen) atoms. The standard InChI is InChI=1S/C16H14ClN3O4S2/c17-13-9-11(26(21,22)20-4-6-23-7-5-20)1-2-14(13)24-15-12-3-8-25-16(12)19-10-18-15/h1-3,8-10H,4-7H2. The molecule has 0 atom stereocenters. The summed E-state index contributed by atoms with van der Waals surface area (Å²) in [5.74, 6) is 0.709. The van der Waals surface area contributed by atoms with Crippen molar-refractivity contribution in [3.8, 4) is 11.6 Å². The van der Waals surface area contributed by atoms with Crippen molar-refractivity contribution in [3.05, 3.63) is 41.0 Å². The number of benzene rings is 1. The molecule has 1 fully saturated rings. The topological polar surface area (TPSA) is 81.6 Å². The summed E-state index contributed by atoms with van der Waals surface area (Å²) in [6.45, 7) is 1.43. The van der Waals surface area contributed by atoms with Crippen LogP contribution >= 0.6 is 22.9 Å². The lowest BCUT2D eigenvalue weighted by Gasteiger charge is -2.26. The molecule has 0 spiro atoms. The summed E-state index contributed by atoms with van der Waals surface area (Å²) in [6.07, 6.45) is 1.42. The van der Waals surface area contributed by atoms with E-state index in [1.807, 2.05) is 11.4 Å². The molecule has 3 heterocycles. The van der Waals surface area contributed by atoms with Crippen molar-refractivity contribution in [1.29, 1.82) is 0 Å². The minimum absolute atomic E-state index is 0.125. The van der Waals surface area contributed by atoms with Gasteiger partial charge in [0.05, 0.1) is 28.5 Å². The highest BCUT2D eigenvalue weighted by Gasteiger charge is 2.27. The van der Waals surface area contributed by atoms with Gasteiger partial charge in [-0.3, -0.25) is 0 Å². The highest BCUT2D eigenvalue weighted by molar-refractivity contribution is 7.89. The van der Waals surface area contributed by atoms with Crippen LogP contribution in [0.4, 0.5) is 0 Å². The molecule has 136 valence electrons. The van der Waals surface area contributed by atoms with Crippen molar-refractivity contribution in [2.45, 2.75) is 4.90 Å². The van der Waals surface area contributed by atoms with E-state index in [0.717, 1.165) is 10.2 Å². The molecule has 0 N–H and O–H groups in total. The predicted molar refractivity (Wildman–Crippen MR) is 98.5 cm³/mol. The molecule has 0 radical (unpaired) electrons. The first-order valence-electron chi connectivity index (χ1n) is 7.79. The number of nitrogens with zero attached hydrogens (tertiary/aromatic N) is 3. The van der Waals surface area contributed by atoms with Gasteiger partial charge in [-0.25, -0.2) is 18.4 Å². The number of morpholine rings is 1. The molecule has 1 saturated heterocycles. The van der Waals surface area contributed by atoms with Crippen LogP contribution in [-0.2, 0) is 14.8 Å². The fraction of sp³-hybridized carbons (Fsp3) is 0.250. The number of thiophene rings is 1. The molecular formula is C16H14ClN3O4S2. The van der Waals surface area contributed by atoms with Gasteiger partial charge >= 0.3 is 0 Å². The van der Waals surface area contributed by atoms with Gasteiger partial charge < -0.3 is 9.47 Å². The summed E-state index contributed by atoms with van der Waals surface area (Å²) in [5.41, 5.74) is 0. The van der Waals surface area contributed by atoms with Gasteiger partial charge in [-0.2, -0.15) is 4.31 Å². The van der Waals surface area contributed by atoms with E-state index in [1.165, 1.54) is 40.2 Å². The zero-order valence-electron chi connectivity index (χ0n) is 13.5. The normalized spacial score (nSPS) is 16.0. The van der Waals surface area contributed by atoms with E-state index < -0.39 is 10.0 Å². The number of hydrogen-bond acceptors (Lipinski definition) is 7. The Hall–Kier alpha value is -1.78. The van der Waals surface area contributed by atoms with Crippen LogP contribution in [0.3, 0.4) is 0 Å². The first kappa shape index (κ1) is 17.6. The molecule has 1 aromatic carbocycles. The van der Waals surface area contributed by atoms with Crippen molar-refractivity contribution in [2.24, 2.45) is 0 Å². The number of halogens is 1. The van der Waals surface area contributed by atoms with Crippen LogP contribution in [0.1, 0.15) is 0 Å². The summed E-state index contributed by atoms with van der Waals surface area (Å²) >= 11 is 7.75. The first-order chi connectivity index (χ1) is 12.6. The third-order valence-corrected chi connectivity index (χ3v) is 6.95. The van der Waals surface area contributed by atoms with Crippen molar-refractivity contribution >= 4 is 43.2 Å². The zero-order chi connectivity index (χ0) is 18.1. The second kappa shape index (κ2) is 7.09. The molecule has 0 bridgehead atoms. The number of fused-ring (bicyclic) bond motifs is 1. The Morgan fingerprint density at radius 2 is 2.00 bits per heavy atom. The van der Waals surface area contributed by atoms with E-state index >= 15 is 0 Å². The van der Waals surface area contributed by atoms with Crippen LogP contribution in [0, 0.1) is 0 Å². The Bertz CT molecular complexity index is 1050. The fourth-order valence-electron chi connectivity index (χ4n) is 2.61. The predicted octanol–water partition coefficient (Wildman–Crippen LogP) is 3.16. The van der Waals surface area contributed by atoms with E-state index in [0.29, 0.717) is 37.9 Å². The summed E-state index contributed by atoms with van der Waals surface area (Å²) in [7, 11) is -3.61. The van der Waals surface area contributed by atoms with E-state index in [2.05, 4.69) is 9.97 Å². The Labute approximate surface area is 159 Å². The van der Waals surface area contributed by atoms with Crippen LogP contribution in [0.15, 0.2) is 40.9 Å². The second-order valence-electron chi connectivity index (χ2n) is 5.53. The molecule has 1 aliphatic rings. The summed E-state index contributed by atoms with van der Waals surface area (Å²) in [6, 6.07) is 6.28. The van der Waals surface area contributed by atoms with Crippen LogP contribution in [0.25, 0.3) is 10.2 Å². The van der Waals surface area contributed by atoms with Crippen molar-refractivity contribution in [3.63, 3.8) is 0 Å². The SMILES string of the molecule is O=S(=O)(c1ccc(Oc2ncnc3sccc23)c(Cl)c1)N1CCOCC1. The van der Waals surface area contributed by atoms with Gasteiger partial charge in [0, 0.05) is 13.1 Å². The zero-order valence-corrected chi connectivity index (χ0v) is 15.9. The lowest BCUT2D eigenvalue weighted by molar-refractivity contribution is 0.0730. The van der Waals surface area contributed by atoms with E-state index in [9.17, 15) is 8.42 Å². The van der Waals surface area contributed by atoms with Crippen LogP contribution < -0.4 is 4.74 Å². The van der Waals surface area contributed by atoms with Crippen molar-refractivity contribution < 1.29 is 17.9 Å². The van der Waals surface area contributed by atoms with Crippen LogP contribution in [-0.4, -0.2) is 49.0 Å². The number of aromatic nitrogens is 2. The third kappa shape index (κ3) is 3.28. The molecule has 10 heteroatoms. The fourth-order valence-corrected chi connectivity index (χ4v) is 5.06. The molecule has 2 aromatic heterocycles. The van der Waals surface area contributed by atoms with E-state index in [1.54, 1.807) is 0 Å². The van der Waals surface area contributed by atoms with Gasteiger partial charge in [0.25, 0.3) is 0 Å². The summed E-state index contributed by atoms with van der Waals surface area (Å²) in [5, 5.41) is 2.87. The minimum Gasteiger partial charge on any atom is -0.437 e. The number of hydrogen-bond donors (Lipinski definition) is 0. The summed E-state index contributed by atoms with van der Waals surface area (Å²) in [4.78, 5) is 9.23. The number of ether oxygens (including phenoxy) is 2. The van der Waals surface area contributed by atoms with Gasteiger partial charge in [-0.1, -0.05) is 11.6 Å². The van der Waals surface area contributed by atoms with Crippen molar-refractivity contribution in [2.75, 3.05) is 26.3 Å². The van der Waals surface area contributed by atoms with E-state index in [-0.39, 0.29) is 9.92 Å². The number of sulfonamides is 1. The average Bonchev–Trinajstić information content (AvgIpc) is 3.14. The van der Waals surface area contributed by atoms with Crippen LogP contribution in [0.2, 0.25) is 5.02 Å². The van der Waals surface area contributed by atoms with Crippen LogP contribution in [0.5, 0.6) is 11.6 Å². The summed E-state index contributed by atoms with van der Waals surface area (Å²) < 4.78 is 37.8. The monoisotopic (exact) mass is 411 g/mol. The van der Waals surface area contributed by atoms with Gasteiger partial charge in [-0.15, -0.1) is 11.3 Å². The Morgan fingerprint density at radius 1 is 1.19 bits per heavy atom. The number of rotatable bonds is 4. The maximum Gasteiger partial charge on any atom is 0.243 e. The van der Waals surface area contributed by atoms with Gasteiger partial charge in [-0.05, 0) is 29.6 Å². The average molecular weight is 412 g/mol. The lowest BCUT2D eigenvalue weighted by Crippen LogP contribution is -2.40. The first-order valence-corrected chi connectivity index (χ1v) is 10.5. The van der Waals surface area contributed by atoms with E-state index in [4.69, 9.17) is 21.1 Å². The molecule has 0 saturated carbocycles. The minimum atomic E-state index is -3.61. The van der Waals surface area contributed by atoms with Crippen molar-refractivity contribution in [1.82, 2.24) is 14.3 Å². The highest BCUT2D eigenvalue weighted by atomic mass is 35.5.